The smallest absolute Gasteiger partial charge is 0.337 e. The molecule has 2 amide bonds. The molecule has 0 aliphatic rings. The molecule has 0 atom stereocenters. The standard InChI is InChI=1S/C15H15N3O3/c1-18(15(21)17-11-5-3-2-4-6-11)13-8-7-10(16)9-12(13)14(19)20/h2-9H,16H2,1H3,(H,17,21)(H,19,20). The van der Waals surface area contributed by atoms with Crippen molar-refractivity contribution in [3.8, 4) is 0 Å². The van der Waals surface area contributed by atoms with Gasteiger partial charge >= 0.3 is 12.0 Å². The van der Waals surface area contributed by atoms with Gasteiger partial charge in [0.2, 0.25) is 0 Å². The Morgan fingerprint density at radius 3 is 2.43 bits per heavy atom. The topological polar surface area (TPSA) is 95.7 Å². The van der Waals surface area contributed by atoms with Crippen LogP contribution < -0.4 is 16.0 Å². The van der Waals surface area contributed by atoms with Gasteiger partial charge in [0.25, 0.3) is 0 Å². The summed E-state index contributed by atoms with van der Waals surface area (Å²) in [6.07, 6.45) is 0. The maximum Gasteiger partial charge on any atom is 0.337 e. The van der Waals surface area contributed by atoms with Crippen molar-refractivity contribution in [2.75, 3.05) is 23.0 Å². The predicted octanol–water partition coefficient (Wildman–Crippen LogP) is 2.64. The first-order valence-corrected chi connectivity index (χ1v) is 6.21. The normalized spacial score (nSPS) is 9.95. The Bertz CT molecular complexity index is 671. The molecule has 0 aromatic heterocycles. The van der Waals surface area contributed by atoms with Crippen molar-refractivity contribution in [3.05, 3.63) is 54.1 Å². The molecule has 0 bridgehead atoms. The number of hydrogen-bond acceptors (Lipinski definition) is 3. The number of nitrogens with zero attached hydrogens (tertiary/aromatic N) is 1. The van der Waals surface area contributed by atoms with Crippen LogP contribution in [0.3, 0.4) is 0 Å². The first-order chi connectivity index (χ1) is 9.99. The van der Waals surface area contributed by atoms with Crippen molar-refractivity contribution in [2.45, 2.75) is 0 Å². The number of anilines is 3. The van der Waals surface area contributed by atoms with Crippen LogP contribution in [0.15, 0.2) is 48.5 Å². The zero-order chi connectivity index (χ0) is 15.4. The second-order valence-electron chi connectivity index (χ2n) is 4.44. The van der Waals surface area contributed by atoms with Crippen molar-refractivity contribution in [3.63, 3.8) is 0 Å². The molecular formula is C15H15N3O3. The van der Waals surface area contributed by atoms with Gasteiger partial charge in [0.05, 0.1) is 11.3 Å². The van der Waals surface area contributed by atoms with E-state index in [0.717, 1.165) is 0 Å². The lowest BCUT2D eigenvalue weighted by Gasteiger charge is -2.20. The summed E-state index contributed by atoms with van der Waals surface area (Å²) in [5.41, 5.74) is 6.78. The number of rotatable bonds is 3. The van der Waals surface area contributed by atoms with E-state index < -0.39 is 12.0 Å². The number of carboxylic acids is 1. The molecule has 6 heteroatoms. The van der Waals surface area contributed by atoms with Crippen LogP contribution >= 0.6 is 0 Å². The molecule has 6 nitrogen and oxygen atoms in total. The average Bonchev–Trinajstić information content (AvgIpc) is 2.47. The number of urea groups is 1. The van der Waals surface area contributed by atoms with Gasteiger partial charge in [0.1, 0.15) is 0 Å². The number of para-hydroxylation sites is 1. The van der Waals surface area contributed by atoms with Gasteiger partial charge in [-0.1, -0.05) is 18.2 Å². The van der Waals surface area contributed by atoms with Crippen LogP contribution in [0.5, 0.6) is 0 Å². The van der Waals surface area contributed by atoms with E-state index in [9.17, 15) is 14.7 Å². The Kier molecular flexibility index (Phi) is 4.08. The number of carbonyl (C=O) groups is 2. The average molecular weight is 285 g/mol. The highest BCUT2D eigenvalue weighted by atomic mass is 16.4. The van der Waals surface area contributed by atoms with Gasteiger partial charge in [0, 0.05) is 18.4 Å². The van der Waals surface area contributed by atoms with E-state index in [1.165, 1.54) is 24.1 Å². The minimum atomic E-state index is -1.14. The largest absolute Gasteiger partial charge is 0.478 e. The zero-order valence-corrected chi connectivity index (χ0v) is 11.4. The SMILES string of the molecule is CN(C(=O)Nc1ccccc1)c1ccc(N)cc1C(=O)O. The molecule has 0 saturated carbocycles. The molecule has 0 spiro atoms. The quantitative estimate of drug-likeness (QED) is 0.755. The van der Waals surface area contributed by atoms with Gasteiger partial charge in [0.15, 0.2) is 0 Å². The van der Waals surface area contributed by atoms with Crippen LogP contribution in [0.4, 0.5) is 21.9 Å². The summed E-state index contributed by atoms with van der Waals surface area (Å²) in [4.78, 5) is 24.6. The highest BCUT2D eigenvalue weighted by Crippen LogP contribution is 2.23. The van der Waals surface area contributed by atoms with Crippen molar-refractivity contribution < 1.29 is 14.7 Å². The second-order valence-corrected chi connectivity index (χ2v) is 4.44. The number of aromatic carboxylic acids is 1. The summed E-state index contributed by atoms with van der Waals surface area (Å²) in [6, 6.07) is 12.8. The van der Waals surface area contributed by atoms with E-state index >= 15 is 0 Å². The highest BCUT2D eigenvalue weighted by Gasteiger charge is 2.18. The lowest BCUT2D eigenvalue weighted by molar-refractivity contribution is 0.0698. The Morgan fingerprint density at radius 1 is 1.14 bits per heavy atom. The Morgan fingerprint density at radius 2 is 1.81 bits per heavy atom. The van der Waals surface area contributed by atoms with Crippen molar-refractivity contribution in [1.29, 1.82) is 0 Å². The third-order valence-electron chi connectivity index (χ3n) is 2.94. The Labute approximate surface area is 121 Å². The molecule has 2 aromatic carbocycles. The maximum absolute atomic E-state index is 12.2. The third kappa shape index (κ3) is 3.30. The molecule has 0 unspecified atom stereocenters. The van der Waals surface area contributed by atoms with Crippen molar-refractivity contribution in [2.24, 2.45) is 0 Å². The Balaban J connectivity index is 2.25. The van der Waals surface area contributed by atoms with Crippen molar-refractivity contribution >= 4 is 29.1 Å². The van der Waals surface area contributed by atoms with Gasteiger partial charge in [-0.25, -0.2) is 9.59 Å². The fourth-order valence-electron chi connectivity index (χ4n) is 1.86. The summed E-state index contributed by atoms with van der Waals surface area (Å²) in [6.45, 7) is 0. The second kappa shape index (κ2) is 5.96. The van der Waals surface area contributed by atoms with Gasteiger partial charge in [-0.15, -0.1) is 0 Å². The molecule has 0 heterocycles. The van der Waals surface area contributed by atoms with E-state index in [1.807, 2.05) is 6.07 Å². The molecule has 0 fully saturated rings. The summed E-state index contributed by atoms with van der Waals surface area (Å²) in [7, 11) is 1.50. The molecule has 4 N–H and O–H groups in total. The Hall–Kier alpha value is -3.02. The summed E-state index contributed by atoms with van der Waals surface area (Å²) < 4.78 is 0. The maximum atomic E-state index is 12.2. The van der Waals surface area contributed by atoms with Crippen LogP contribution in [-0.4, -0.2) is 24.2 Å². The van der Waals surface area contributed by atoms with E-state index in [0.29, 0.717) is 11.4 Å². The fourth-order valence-corrected chi connectivity index (χ4v) is 1.86. The summed E-state index contributed by atoms with van der Waals surface area (Å²) in [5, 5.41) is 11.9. The summed E-state index contributed by atoms with van der Waals surface area (Å²) >= 11 is 0. The number of nitrogens with two attached hydrogens (primary N) is 1. The molecular weight excluding hydrogens is 270 g/mol. The minimum absolute atomic E-state index is 0.0271. The van der Waals surface area contributed by atoms with Crippen LogP contribution in [0.1, 0.15) is 10.4 Å². The van der Waals surface area contributed by atoms with Crippen LogP contribution in [0, 0.1) is 0 Å². The summed E-state index contributed by atoms with van der Waals surface area (Å²) in [5.74, 6) is -1.14. The number of carboxylic acid groups (broad SMARTS) is 1. The molecule has 21 heavy (non-hydrogen) atoms. The predicted molar refractivity (Wildman–Crippen MR) is 81.7 cm³/mol. The fraction of sp³-hybridized carbons (Fsp3) is 0.0667. The van der Waals surface area contributed by atoms with Gasteiger partial charge in [-0.3, -0.25) is 4.90 Å². The van der Waals surface area contributed by atoms with E-state index in [1.54, 1.807) is 30.3 Å². The molecule has 0 aliphatic heterocycles. The van der Waals surface area contributed by atoms with E-state index in [-0.39, 0.29) is 11.3 Å². The van der Waals surface area contributed by atoms with Crippen molar-refractivity contribution in [1.82, 2.24) is 0 Å². The van der Waals surface area contributed by atoms with E-state index in [2.05, 4.69) is 5.32 Å². The molecule has 2 aromatic rings. The number of hydrogen-bond donors (Lipinski definition) is 3. The first kappa shape index (κ1) is 14.4. The van der Waals surface area contributed by atoms with Crippen LogP contribution in [-0.2, 0) is 0 Å². The molecule has 2 rings (SSSR count). The number of amides is 2. The number of nitrogens with one attached hydrogen (secondary N) is 1. The molecule has 0 radical (unpaired) electrons. The van der Waals surface area contributed by atoms with Gasteiger partial charge in [-0.05, 0) is 30.3 Å². The third-order valence-corrected chi connectivity index (χ3v) is 2.94. The monoisotopic (exact) mass is 285 g/mol. The highest BCUT2D eigenvalue weighted by molar-refractivity contribution is 6.06. The first-order valence-electron chi connectivity index (χ1n) is 6.21. The molecule has 0 aliphatic carbocycles. The number of carbonyl (C=O) groups excluding carboxylic acids is 1. The van der Waals surface area contributed by atoms with Gasteiger partial charge in [-0.2, -0.15) is 0 Å². The number of benzene rings is 2. The zero-order valence-electron chi connectivity index (χ0n) is 11.4. The number of nitrogen functional groups attached to an aromatic ring is 1. The van der Waals surface area contributed by atoms with Crippen LogP contribution in [0.2, 0.25) is 0 Å². The molecule has 0 saturated heterocycles. The molecule has 108 valence electrons. The lowest BCUT2D eigenvalue weighted by atomic mass is 10.1. The minimum Gasteiger partial charge on any atom is -0.478 e. The van der Waals surface area contributed by atoms with Gasteiger partial charge < -0.3 is 16.2 Å². The van der Waals surface area contributed by atoms with Crippen LogP contribution in [0.25, 0.3) is 0 Å². The lowest BCUT2D eigenvalue weighted by Crippen LogP contribution is -2.32. The van der Waals surface area contributed by atoms with E-state index in [4.69, 9.17) is 5.73 Å².